The normalized spacial score (nSPS) is 20.1. The summed E-state index contributed by atoms with van der Waals surface area (Å²) >= 11 is 6.37. The highest BCUT2D eigenvalue weighted by atomic mass is 35.5. The lowest BCUT2D eigenvalue weighted by atomic mass is 9.98. The number of nitrogens with zero attached hydrogens (tertiary/aromatic N) is 1. The van der Waals surface area contributed by atoms with Crippen LogP contribution >= 0.6 is 11.6 Å². The molecule has 1 aliphatic heterocycles. The maximum Gasteiger partial charge on any atom is 0.411 e. The van der Waals surface area contributed by atoms with Crippen molar-refractivity contribution in [1.29, 1.82) is 0 Å². The molecule has 0 fully saturated rings. The fourth-order valence-electron chi connectivity index (χ4n) is 3.27. The number of hydrogen-bond acceptors (Lipinski definition) is 5. The fourth-order valence-corrected chi connectivity index (χ4v) is 3.51. The van der Waals surface area contributed by atoms with E-state index in [0.29, 0.717) is 40.0 Å². The van der Waals surface area contributed by atoms with Gasteiger partial charge in [-0.3, -0.25) is 10.1 Å². The summed E-state index contributed by atoms with van der Waals surface area (Å²) < 4.78 is 4.62. The second-order valence-electron chi connectivity index (χ2n) is 7.06. The highest BCUT2D eigenvalue weighted by Gasteiger charge is 2.21. The zero-order chi connectivity index (χ0) is 20.3. The maximum absolute atomic E-state index is 12.6. The summed E-state index contributed by atoms with van der Waals surface area (Å²) in [5.74, 6) is 0.725. The first-order valence-electron chi connectivity index (χ1n) is 9.17. The topological polar surface area (TPSA) is 122 Å². The third kappa shape index (κ3) is 4.63. The zero-order valence-corrected chi connectivity index (χ0v) is 16.6. The number of imidazole rings is 1. The number of halogens is 1. The SMILES string of the molecule is COC(=O)Nc1ccc2c(c1)NC(=O)C[C@H](C)CCC[C@H](N)c1nc-2c(Cl)[nH]1. The summed E-state index contributed by atoms with van der Waals surface area (Å²) in [7, 11) is 1.28. The summed E-state index contributed by atoms with van der Waals surface area (Å²) in [6, 6.07) is 4.82. The van der Waals surface area contributed by atoms with Crippen LogP contribution in [0.1, 0.15) is 44.5 Å². The molecular formula is C19H24ClN5O3. The monoisotopic (exact) mass is 405 g/mol. The van der Waals surface area contributed by atoms with Crippen molar-refractivity contribution in [3.8, 4) is 11.3 Å². The highest BCUT2D eigenvalue weighted by molar-refractivity contribution is 6.32. The van der Waals surface area contributed by atoms with Crippen LogP contribution in [0, 0.1) is 5.92 Å². The van der Waals surface area contributed by atoms with Gasteiger partial charge in [0, 0.05) is 17.7 Å². The first-order chi connectivity index (χ1) is 13.4. The molecule has 9 heteroatoms. The molecule has 1 aromatic carbocycles. The second-order valence-corrected chi connectivity index (χ2v) is 7.43. The summed E-state index contributed by atoms with van der Waals surface area (Å²) in [4.78, 5) is 31.7. The first kappa shape index (κ1) is 20.2. The number of nitrogens with two attached hydrogens (primary N) is 1. The zero-order valence-electron chi connectivity index (χ0n) is 15.8. The number of methoxy groups -OCH3 is 1. The van der Waals surface area contributed by atoms with Crippen molar-refractivity contribution in [3.05, 3.63) is 29.2 Å². The van der Waals surface area contributed by atoms with E-state index in [1.54, 1.807) is 18.2 Å². The molecule has 0 saturated carbocycles. The summed E-state index contributed by atoms with van der Waals surface area (Å²) in [6.45, 7) is 2.04. The molecule has 2 bridgehead atoms. The summed E-state index contributed by atoms with van der Waals surface area (Å²) in [6.07, 6.45) is 2.32. The number of carbonyl (C=O) groups is 2. The maximum atomic E-state index is 12.6. The van der Waals surface area contributed by atoms with Crippen LogP contribution in [-0.2, 0) is 9.53 Å². The fraction of sp³-hybridized carbons (Fsp3) is 0.421. The number of benzene rings is 1. The Balaban J connectivity index is 2.05. The molecule has 0 aliphatic carbocycles. The Morgan fingerprint density at radius 3 is 2.93 bits per heavy atom. The quantitative estimate of drug-likeness (QED) is 0.569. The Hall–Kier alpha value is -2.58. The van der Waals surface area contributed by atoms with Gasteiger partial charge in [0.1, 0.15) is 16.7 Å². The van der Waals surface area contributed by atoms with Gasteiger partial charge in [0.2, 0.25) is 5.91 Å². The average molecular weight is 406 g/mol. The van der Waals surface area contributed by atoms with Gasteiger partial charge in [-0.15, -0.1) is 0 Å². The predicted octanol–water partition coefficient (Wildman–Crippen LogP) is 4.06. The molecule has 3 rings (SSSR count). The van der Waals surface area contributed by atoms with Crippen molar-refractivity contribution in [3.63, 3.8) is 0 Å². The van der Waals surface area contributed by atoms with Crippen LogP contribution in [0.5, 0.6) is 0 Å². The van der Waals surface area contributed by atoms with Gasteiger partial charge in [-0.25, -0.2) is 9.78 Å². The average Bonchev–Trinajstić information content (AvgIpc) is 3.02. The Morgan fingerprint density at radius 2 is 2.18 bits per heavy atom. The van der Waals surface area contributed by atoms with E-state index in [1.165, 1.54) is 7.11 Å². The number of carbonyl (C=O) groups excluding carboxylic acids is 2. The number of hydrogen-bond donors (Lipinski definition) is 4. The van der Waals surface area contributed by atoms with Gasteiger partial charge in [-0.05, 0) is 30.5 Å². The van der Waals surface area contributed by atoms with Gasteiger partial charge < -0.3 is 20.8 Å². The van der Waals surface area contributed by atoms with E-state index in [1.807, 2.05) is 6.92 Å². The molecule has 0 radical (unpaired) electrons. The van der Waals surface area contributed by atoms with Crippen LogP contribution < -0.4 is 16.4 Å². The number of fused-ring (bicyclic) bond motifs is 4. The summed E-state index contributed by atoms with van der Waals surface area (Å²) in [5, 5.41) is 5.86. The van der Waals surface area contributed by atoms with Crippen LogP contribution in [0.2, 0.25) is 5.15 Å². The van der Waals surface area contributed by atoms with Crippen LogP contribution in [-0.4, -0.2) is 29.1 Å². The van der Waals surface area contributed by atoms with Gasteiger partial charge in [0.05, 0.1) is 18.8 Å². The molecule has 2 atom stereocenters. The third-order valence-electron chi connectivity index (χ3n) is 4.76. The van der Waals surface area contributed by atoms with Crippen molar-refractivity contribution in [2.24, 2.45) is 11.7 Å². The summed E-state index contributed by atoms with van der Waals surface area (Å²) in [5.41, 5.74) is 8.37. The Bertz CT molecular complexity index is 882. The van der Waals surface area contributed by atoms with E-state index in [-0.39, 0.29) is 17.9 Å². The molecule has 5 N–H and O–H groups in total. The number of rotatable bonds is 1. The lowest BCUT2D eigenvalue weighted by molar-refractivity contribution is -0.117. The molecule has 0 spiro atoms. The molecule has 28 heavy (non-hydrogen) atoms. The lowest BCUT2D eigenvalue weighted by Crippen LogP contribution is -2.17. The van der Waals surface area contributed by atoms with Gasteiger partial charge in [-0.1, -0.05) is 31.4 Å². The third-order valence-corrected chi connectivity index (χ3v) is 5.03. The largest absolute Gasteiger partial charge is 0.453 e. The second kappa shape index (κ2) is 8.62. The number of aromatic amines is 1. The smallest absolute Gasteiger partial charge is 0.411 e. The van der Waals surface area contributed by atoms with Crippen molar-refractivity contribution in [2.45, 2.75) is 38.6 Å². The first-order valence-corrected chi connectivity index (χ1v) is 9.55. The molecule has 0 unspecified atom stereocenters. The lowest BCUT2D eigenvalue weighted by Gasteiger charge is -2.15. The number of H-pyrrole nitrogens is 1. The Labute approximate surface area is 168 Å². The highest BCUT2D eigenvalue weighted by Crippen LogP contribution is 2.35. The van der Waals surface area contributed by atoms with E-state index in [2.05, 4.69) is 25.3 Å². The van der Waals surface area contributed by atoms with Crippen LogP contribution in [0.15, 0.2) is 18.2 Å². The van der Waals surface area contributed by atoms with Crippen LogP contribution in [0.3, 0.4) is 0 Å². The standard InChI is InChI=1S/C19H24ClN5O3/c1-10-4-3-5-13(21)18-24-16(17(20)25-18)12-7-6-11(22-19(27)28-2)9-14(12)23-15(26)8-10/h6-7,9-10,13H,3-5,8,21H2,1-2H3,(H,22,27)(H,23,26)(H,24,25)/t10-,13+/m1/s1. The van der Waals surface area contributed by atoms with E-state index in [0.717, 1.165) is 19.3 Å². The molecule has 150 valence electrons. The predicted molar refractivity (Wildman–Crippen MR) is 108 cm³/mol. The minimum Gasteiger partial charge on any atom is -0.453 e. The number of aromatic nitrogens is 2. The number of nitrogens with one attached hydrogen (secondary N) is 3. The molecule has 1 aromatic heterocycles. The Kier molecular flexibility index (Phi) is 6.21. The molecule has 2 amide bonds. The molecule has 2 heterocycles. The van der Waals surface area contributed by atoms with E-state index in [9.17, 15) is 9.59 Å². The van der Waals surface area contributed by atoms with Gasteiger partial charge in [0.15, 0.2) is 0 Å². The number of anilines is 2. The van der Waals surface area contributed by atoms with Gasteiger partial charge in [-0.2, -0.15) is 0 Å². The van der Waals surface area contributed by atoms with E-state index < -0.39 is 6.09 Å². The molecular weight excluding hydrogens is 382 g/mol. The van der Waals surface area contributed by atoms with Gasteiger partial charge >= 0.3 is 6.09 Å². The van der Waals surface area contributed by atoms with Crippen molar-refractivity contribution >= 4 is 35.0 Å². The van der Waals surface area contributed by atoms with E-state index >= 15 is 0 Å². The molecule has 2 aromatic rings. The minimum atomic E-state index is -0.601. The van der Waals surface area contributed by atoms with Crippen LogP contribution in [0.25, 0.3) is 11.3 Å². The van der Waals surface area contributed by atoms with Crippen molar-refractivity contribution in [1.82, 2.24) is 9.97 Å². The molecule has 0 saturated heterocycles. The number of ether oxygens (including phenoxy) is 1. The van der Waals surface area contributed by atoms with E-state index in [4.69, 9.17) is 17.3 Å². The number of amides is 2. The Morgan fingerprint density at radius 1 is 1.39 bits per heavy atom. The van der Waals surface area contributed by atoms with Gasteiger partial charge in [0.25, 0.3) is 0 Å². The van der Waals surface area contributed by atoms with Crippen LogP contribution in [0.4, 0.5) is 16.2 Å². The van der Waals surface area contributed by atoms with Crippen molar-refractivity contribution < 1.29 is 14.3 Å². The molecule has 1 aliphatic rings. The minimum absolute atomic E-state index is 0.112. The van der Waals surface area contributed by atoms with Crippen molar-refractivity contribution in [2.75, 3.05) is 17.7 Å². The molecule has 8 nitrogen and oxygen atoms in total.